The van der Waals surface area contributed by atoms with E-state index >= 15 is 0 Å². The molecule has 0 unspecified atom stereocenters. The summed E-state index contributed by atoms with van der Waals surface area (Å²) in [6.45, 7) is 5.60. The van der Waals surface area contributed by atoms with Crippen molar-refractivity contribution in [2.45, 2.75) is 52.8 Å². The Balaban J connectivity index is 4.40. The summed E-state index contributed by atoms with van der Waals surface area (Å²) in [4.78, 5) is 22.7. The van der Waals surface area contributed by atoms with Gasteiger partial charge in [-0.25, -0.2) is 4.79 Å². The van der Waals surface area contributed by atoms with Crippen molar-refractivity contribution < 1.29 is 32.2 Å². The SMILES string of the molecule is CCC(C)(C)C(=O)OCC(=O)OC(C)(C)C(F)(F)F. The Labute approximate surface area is 110 Å². The Morgan fingerprint density at radius 3 is 1.89 bits per heavy atom. The number of rotatable bonds is 5. The van der Waals surface area contributed by atoms with Gasteiger partial charge in [0, 0.05) is 0 Å². The van der Waals surface area contributed by atoms with E-state index in [1.165, 1.54) is 0 Å². The number of halogens is 3. The van der Waals surface area contributed by atoms with E-state index in [1.54, 1.807) is 20.8 Å². The van der Waals surface area contributed by atoms with Crippen molar-refractivity contribution in [3.8, 4) is 0 Å². The molecule has 0 atom stereocenters. The summed E-state index contributed by atoms with van der Waals surface area (Å²) in [5.74, 6) is -1.89. The second-order valence-corrected chi connectivity index (χ2v) is 5.30. The molecule has 0 fully saturated rings. The predicted molar refractivity (Wildman–Crippen MR) is 61.3 cm³/mol. The number of carbonyl (C=O) groups excluding carboxylic acids is 2. The first-order valence-corrected chi connectivity index (χ1v) is 5.79. The molecule has 0 heterocycles. The van der Waals surface area contributed by atoms with Gasteiger partial charge in [0.15, 0.2) is 6.61 Å². The average Bonchev–Trinajstić information content (AvgIpc) is 2.23. The Hall–Kier alpha value is -1.27. The maximum atomic E-state index is 12.5. The molecule has 0 amide bonds. The molecule has 0 spiro atoms. The zero-order chi connectivity index (χ0) is 15.5. The number of hydrogen-bond donors (Lipinski definition) is 0. The minimum atomic E-state index is -4.69. The third-order valence-electron chi connectivity index (χ3n) is 2.81. The lowest BCUT2D eigenvalue weighted by molar-refractivity contribution is -0.258. The average molecular weight is 284 g/mol. The molecule has 0 aliphatic rings. The summed E-state index contributed by atoms with van der Waals surface area (Å²) in [6.07, 6.45) is -4.20. The standard InChI is InChI=1S/C12H19F3O4/c1-6-10(2,3)9(17)18-7-8(16)19-11(4,5)12(13,14)15/h6-7H2,1-5H3. The van der Waals surface area contributed by atoms with Crippen LogP contribution in [-0.2, 0) is 19.1 Å². The van der Waals surface area contributed by atoms with Gasteiger partial charge in [-0.15, -0.1) is 0 Å². The van der Waals surface area contributed by atoms with Crippen LogP contribution < -0.4 is 0 Å². The third-order valence-corrected chi connectivity index (χ3v) is 2.81. The van der Waals surface area contributed by atoms with Crippen molar-refractivity contribution in [3.63, 3.8) is 0 Å². The topological polar surface area (TPSA) is 52.6 Å². The highest BCUT2D eigenvalue weighted by Crippen LogP contribution is 2.32. The fourth-order valence-electron chi connectivity index (χ4n) is 0.836. The van der Waals surface area contributed by atoms with Gasteiger partial charge in [-0.05, 0) is 34.1 Å². The molecular weight excluding hydrogens is 265 g/mol. The molecule has 0 saturated carbocycles. The Kier molecular flexibility index (Phi) is 5.41. The maximum absolute atomic E-state index is 12.5. The molecule has 112 valence electrons. The van der Waals surface area contributed by atoms with Crippen LogP contribution in [0.3, 0.4) is 0 Å². The van der Waals surface area contributed by atoms with Gasteiger partial charge in [-0.3, -0.25) is 4.79 Å². The summed E-state index contributed by atoms with van der Waals surface area (Å²) in [7, 11) is 0. The number of carbonyl (C=O) groups is 2. The maximum Gasteiger partial charge on any atom is 0.427 e. The first kappa shape index (κ1) is 17.7. The molecule has 0 radical (unpaired) electrons. The van der Waals surface area contributed by atoms with Gasteiger partial charge < -0.3 is 9.47 Å². The molecule has 0 rings (SSSR count). The van der Waals surface area contributed by atoms with E-state index in [4.69, 9.17) is 0 Å². The van der Waals surface area contributed by atoms with Crippen LogP contribution in [0.4, 0.5) is 13.2 Å². The quantitative estimate of drug-likeness (QED) is 0.728. The van der Waals surface area contributed by atoms with Crippen LogP contribution in [0.15, 0.2) is 0 Å². The van der Waals surface area contributed by atoms with E-state index in [2.05, 4.69) is 9.47 Å². The lowest BCUT2D eigenvalue weighted by Crippen LogP contribution is -2.44. The molecule has 0 aliphatic heterocycles. The molecule has 0 aromatic rings. The van der Waals surface area contributed by atoms with Crippen LogP contribution in [0.1, 0.15) is 41.0 Å². The summed E-state index contributed by atoms with van der Waals surface area (Å²) >= 11 is 0. The first-order valence-electron chi connectivity index (χ1n) is 5.79. The molecule has 0 bridgehead atoms. The lowest BCUT2D eigenvalue weighted by atomic mass is 9.91. The highest BCUT2D eigenvalue weighted by molar-refractivity contribution is 5.79. The summed E-state index contributed by atoms with van der Waals surface area (Å²) < 4.78 is 46.2. The van der Waals surface area contributed by atoms with Crippen molar-refractivity contribution in [2.75, 3.05) is 6.61 Å². The van der Waals surface area contributed by atoms with E-state index in [9.17, 15) is 22.8 Å². The number of esters is 2. The van der Waals surface area contributed by atoms with E-state index in [0.717, 1.165) is 13.8 Å². The normalized spacial score (nSPS) is 13.1. The highest BCUT2D eigenvalue weighted by Gasteiger charge is 2.50. The molecule has 0 saturated heterocycles. The molecule has 0 aromatic heterocycles. The zero-order valence-electron chi connectivity index (χ0n) is 11.7. The van der Waals surface area contributed by atoms with Crippen LogP contribution in [0.2, 0.25) is 0 Å². The van der Waals surface area contributed by atoms with Gasteiger partial charge >= 0.3 is 18.1 Å². The molecular formula is C12H19F3O4. The minimum Gasteiger partial charge on any atom is -0.453 e. The summed E-state index contributed by atoms with van der Waals surface area (Å²) in [5.41, 5.74) is -3.41. The van der Waals surface area contributed by atoms with E-state index < -0.39 is 35.7 Å². The predicted octanol–water partition coefficient (Wildman–Crippen LogP) is 2.85. The molecule has 4 nitrogen and oxygen atoms in total. The van der Waals surface area contributed by atoms with Crippen molar-refractivity contribution in [1.29, 1.82) is 0 Å². The van der Waals surface area contributed by atoms with E-state index in [0.29, 0.717) is 6.42 Å². The fraction of sp³-hybridized carbons (Fsp3) is 0.833. The van der Waals surface area contributed by atoms with Crippen LogP contribution in [-0.4, -0.2) is 30.3 Å². The fourth-order valence-corrected chi connectivity index (χ4v) is 0.836. The van der Waals surface area contributed by atoms with E-state index in [-0.39, 0.29) is 0 Å². The van der Waals surface area contributed by atoms with Crippen LogP contribution in [0.25, 0.3) is 0 Å². The van der Waals surface area contributed by atoms with Crippen molar-refractivity contribution >= 4 is 11.9 Å². The molecule has 7 heteroatoms. The van der Waals surface area contributed by atoms with E-state index in [1.807, 2.05) is 0 Å². The Morgan fingerprint density at radius 1 is 1.05 bits per heavy atom. The number of ether oxygens (including phenoxy) is 2. The summed E-state index contributed by atoms with van der Waals surface area (Å²) in [6, 6.07) is 0. The van der Waals surface area contributed by atoms with Gasteiger partial charge in [0.05, 0.1) is 5.41 Å². The molecule has 19 heavy (non-hydrogen) atoms. The van der Waals surface area contributed by atoms with Gasteiger partial charge in [-0.2, -0.15) is 13.2 Å². The molecule has 0 N–H and O–H groups in total. The smallest absolute Gasteiger partial charge is 0.427 e. The van der Waals surface area contributed by atoms with Crippen molar-refractivity contribution in [3.05, 3.63) is 0 Å². The van der Waals surface area contributed by atoms with Crippen LogP contribution in [0.5, 0.6) is 0 Å². The minimum absolute atomic E-state index is 0.481. The summed E-state index contributed by atoms with van der Waals surface area (Å²) in [5, 5.41) is 0. The molecule has 0 aliphatic carbocycles. The first-order chi connectivity index (χ1) is 8.33. The van der Waals surface area contributed by atoms with Crippen LogP contribution in [0, 0.1) is 5.41 Å². The lowest BCUT2D eigenvalue weighted by Gasteiger charge is -2.27. The van der Waals surface area contributed by atoms with Gasteiger partial charge in [0.25, 0.3) is 0 Å². The highest BCUT2D eigenvalue weighted by atomic mass is 19.4. The Bertz CT molecular complexity index is 345. The van der Waals surface area contributed by atoms with Crippen molar-refractivity contribution in [2.24, 2.45) is 5.41 Å². The third kappa shape index (κ3) is 5.08. The zero-order valence-corrected chi connectivity index (χ0v) is 11.7. The van der Waals surface area contributed by atoms with Crippen molar-refractivity contribution in [1.82, 2.24) is 0 Å². The Morgan fingerprint density at radius 2 is 1.53 bits per heavy atom. The second-order valence-electron chi connectivity index (χ2n) is 5.30. The number of hydrogen-bond acceptors (Lipinski definition) is 4. The number of alkyl halides is 3. The van der Waals surface area contributed by atoms with Gasteiger partial charge in [-0.1, -0.05) is 6.92 Å². The van der Waals surface area contributed by atoms with Gasteiger partial charge in [0.2, 0.25) is 5.60 Å². The second kappa shape index (κ2) is 5.79. The van der Waals surface area contributed by atoms with Gasteiger partial charge in [0.1, 0.15) is 0 Å². The molecule has 0 aromatic carbocycles. The largest absolute Gasteiger partial charge is 0.453 e. The van der Waals surface area contributed by atoms with Crippen LogP contribution >= 0.6 is 0 Å². The monoisotopic (exact) mass is 284 g/mol.